The molecule has 2 rings (SSSR count). The van der Waals surface area contributed by atoms with Gasteiger partial charge in [0.05, 0.1) is 6.10 Å². The molecule has 2 fully saturated rings. The fourth-order valence-corrected chi connectivity index (χ4v) is 3.52. The third-order valence-electron chi connectivity index (χ3n) is 4.91. The molecular weight excluding hydrogens is 224 g/mol. The lowest BCUT2D eigenvalue weighted by atomic mass is 9.85. The van der Waals surface area contributed by atoms with Crippen molar-refractivity contribution in [3.05, 3.63) is 0 Å². The van der Waals surface area contributed by atoms with Gasteiger partial charge in [-0.15, -0.1) is 0 Å². The summed E-state index contributed by atoms with van der Waals surface area (Å²) in [6.07, 6.45) is 6.80. The summed E-state index contributed by atoms with van der Waals surface area (Å²) in [5, 5.41) is 0. The number of hydrogen-bond donors (Lipinski definition) is 1. The summed E-state index contributed by atoms with van der Waals surface area (Å²) in [6, 6.07) is 0.354. The summed E-state index contributed by atoms with van der Waals surface area (Å²) >= 11 is 0. The third-order valence-corrected chi connectivity index (χ3v) is 4.91. The molecule has 0 amide bonds. The fraction of sp³-hybridized carbons (Fsp3) is 1.00. The van der Waals surface area contributed by atoms with Crippen LogP contribution in [0.3, 0.4) is 0 Å². The Morgan fingerprint density at radius 3 is 2.56 bits per heavy atom. The lowest BCUT2D eigenvalue weighted by Crippen LogP contribution is -2.43. The molecule has 0 bridgehead atoms. The average Bonchev–Trinajstić information content (AvgIpc) is 2.57. The average molecular weight is 254 g/mol. The fourth-order valence-electron chi connectivity index (χ4n) is 3.52. The second-order valence-electron chi connectivity index (χ2n) is 7.02. The van der Waals surface area contributed by atoms with Crippen LogP contribution in [-0.2, 0) is 4.74 Å². The van der Waals surface area contributed by atoms with Gasteiger partial charge in [0.2, 0.25) is 0 Å². The van der Waals surface area contributed by atoms with E-state index in [0.717, 1.165) is 19.7 Å². The molecule has 0 spiro atoms. The first kappa shape index (κ1) is 14.3. The zero-order valence-corrected chi connectivity index (χ0v) is 12.3. The molecule has 0 aromatic rings. The van der Waals surface area contributed by atoms with Crippen molar-refractivity contribution >= 4 is 0 Å². The Morgan fingerprint density at radius 2 is 2.00 bits per heavy atom. The molecule has 3 nitrogen and oxygen atoms in total. The summed E-state index contributed by atoms with van der Waals surface area (Å²) < 4.78 is 5.81. The predicted octanol–water partition coefficient (Wildman–Crippen LogP) is 2.25. The van der Waals surface area contributed by atoms with Gasteiger partial charge in [0.25, 0.3) is 0 Å². The summed E-state index contributed by atoms with van der Waals surface area (Å²) in [5.74, 6) is 0.661. The van der Waals surface area contributed by atoms with E-state index in [1.807, 2.05) is 0 Å². The molecule has 3 heteroatoms. The highest BCUT2D eigenvalue weighted by Gasteiger charge is 2.39. The number of nitrogens with zero attached hydrogens (tertiary/aromatic N) is 1. The number of hydrogen-bond acceptors (Lipinski definition) is 3. The lowest BCUT2D eigenvalue weighted by Gasteiger charge is -2.32. The minimum Gasteiger partial charge on any atom is -0.377 e. The van der Waals surface area contributed by atoms with Gasteiger partial charge in [-0.25, -0.2) is 0 Å². The zero-order chi connectivity index (χ0) is 13.2. The van der Waals surface area contributed by atoms with Crippen LogP contribution in [0, 0.1) is 11.3 Å². The predicted molar refractivity (Wildman–Crippen MR) is 75.6 cm³/mol. The van der Waals surface area contributed by atoms with Crippen LogP contribution in [0.1, 0.15) is 46.0 Å². The van der Waals surface area contributed by atoms with Crippen molar-refractivity contribution in [1.82, 2.24) is 4.90 Å². The molecule has 3 atom stereocenters. The Labute approximate surface area is 112 Å². The van der Waals surface area contributed by atoms with Gasteiger partial charge in [-0.1, -0.05) is 13.8 Å². The highest BCUT2D eigenvalue weighted by atomic mass is 16.5. The van der Waals surface area contributed by atoms with Crippen LogP contribution in [0.2, 0.25) is 0 Å². The van der Waals surface area contributed by atoms with E-state index < -0.39 is 0 Å². The molecule has 1 heterocycles. The summed E-state index contributed by atoms with van der Waals surface area (Å²) in [6.45, 7) is 7.77. The van der Waals surface area contributed by atoms with Crippen molar-refractivity contribution in [2.45, 2.75) is 58.1 Å². The highest BCUT2D eigenvalue weighted by Crippen LogP contribution is 2.40. The van der Waals surface area contributed by atoms with E-state index in [1.54, 1.807) is 0 Å². The largest absolute Gasteiger partial charge is 0.377 e. The molecule has 0 aromatic carbocycles. The van der Waals surface area contributed by atoms with E-state index >= 15 is 0 Å². The molecule has 1 aliphatic carbocycles. The van der Waals surface area contributed by atoms with E-state index in [1.165, 1.54) is 32.1 Å². The Bertz CT molecular complexity index is 261. The maximum absolute atomic E-state index is 6.38. The Hall–Kier alpha value is -0.120. The van der Waals surface area contributed by atoms with E-state index in [-0.39, 0.29) is 0 Å². The first-order valence-electron chi connectivity index (χ1n) is 7.55. The Kier molecular flexibility index (Phi) is 4.68. The Balaban J connectivity index is 1.75. The molecule has 3 unspecified atom stereocenters. The van der Waals surface area contributed by atoms with E-state index in [0.29, 0.717) is 23.5 Å². The van der Waals surface area contributed by atoms with Crippen LogP contribution in [-0.4, -0.2) is 43.8 Å². The maximum atomic E-state index is 6.38. The van der Waals surface area contributed by atoms with Crippen molar-refractivity contribution in [1.29, 1.82) is 0 Å². The minimum atomic E-state index is 0.326. The van der Waals surface area contributed by atoms with Gasteiger partial charge in [-0.05, 0) is 50.5 Å². The number of rotatable bonds is 4. The summed E-state index contributed by atoms with van der Waals surface area (Å²) in [7, 11) is 2.22. The molecule has 2 N–H and O–H groups in total. The number of nitrogens with two attached hydrogens (primary N) is 1. The van der Waals surface area contributed by atoms with E-state index in [4.69, 9.17) is 10.5 Å². The molecule has 0 radical (unpaired) electrons. The van der Waals surface area contributed by atoms with Gasteiger partial charge in [-0.2, -0.15) is 0 Å². The molecular formula is C15H30N2O. The second kappa shape index (κ2) is 5.89. The quantitative estimate of drug-likeness (QED) is 0.836. The van der Waals surface area contributed by atoms with Gasteiger partial charge in [-0.3, -0.25) is 0 Å². The first-order chi connectivity index (χ1) is 8.49. The van der Waals surface area contributed by atoms with Crippen LogP contribution >= 0.6 is 0 Å². The van der Waals surface area contributed by atoms with Gasteiger partial charge in [0, 0.05) is 25.7 Å². The number of ether oxygens (including phenoxy) is 1. The monoisotopic (exact) mass is 254 g/mol. The standard InChI is InChI=1S/C15H30N2O/c1-15(2)8-7-12(14(15)16)10-17(3)11-13-6-4-5-9-18-13/h12-14H,4-11,16H2,1-3H3. The molecule has 18 heavy (non-hydrogen) atoms. The zero-order valence-electron chi connectivity index (χ0n) is 12.3. The Morgan fingerprint density at radius 1 is 1.22 bits per heavy atom. The number of likely N-dealkylation sites (N-methyl/N-ethyl adjacent to an activating group) is 1. The maximum Gasteiger partial charge on any atom is 0.0701 e. The lowest BCUT2D eigenvalue weighted by molar-refractivity contribution is -0.00388. The van der Waals surface area contributed by atoms with Crippen LogP contribution in [0.4, 0.5) is 0 Å². The van der Waals surface area contributed by atoms with Crippen LogP contribution < -0.4 is 5.73 Å². The third kappa shape index (κ3) is 3.46. The molecule has 0 aromatic heterocycles. The smallest absolute Gasteiger partial charge is 0.0701 e. The highest BCUT2D eigenvalue weighted by molar-refractivity contribution is 4.95. The summed E-state index contributed by atoms with van der Waals surface area (Å²) in [5.41, 5.74) is 6.71. The van der Waals surface area contributed by atoms with Crippen molar-refractivity contribution in [3.63, 3.8) is 0 Å². The van der Waals surface area contributed by atoms with Gasteiger partial charge < -0.3 is 15.4 Å². The second-order valence-corrected chi connectivity index (χ2v) is 7.02. The topological polar surface area (TPSA) is 38.5 Å². The van der Waals surface area contributed by atoms with Gasteiger partial charge in [0.15, 0.2) is 0 Å². The van der Waals surface area contributed by atoms with Crippen molar-refractivity contribution in [2.24, 2.45) is 17.1 Å². The molecule has 1 saturated carbocycles. The summed E-state index contributed by atoms with van der Waals surface area (Å²) in [4.78, 5) is 2.43. The van der Waals surface area contributed by atoms with Crippen LogP contribution in [0.5, 0.6) is 0 Å². The van der Waals surface area contributed by atoms with Gasteiger partial charge >= 0.3 is 0 Å². The molecule has 1 aliphatic heterocycles. The van der Waals surface area contributed by atoms with E-state index in [9.17, 15) is 0 Å². The van der Waals surface area contributed by atoms with Crippen molar-refractivity contribution in [2.75, 3.05) is 26.7 Å². The molecule has 106 valence electrons. The normalized spacial score (nSPS) is 36.2. The van der Waals surface area contributed by atoms with Crippen LogP contribution in [0.15, 0.2) is 0 Å². The van der Waals surface area contributed by atoms with Crippen molar-refractivity contribution in [3.8, 4) is 0 Å². The van der Waals surface area contributed by atoms with Gasteiger partial charge in [0.1, 0.15) is 0 Å². The first-order valence-corrected chi connectivity index (χ1v) is 7.55. The molecule has 1 saturated heterocycles. The van der Waals surface area contributed by atoms with E-state index in [2.05, 4.69) is 25.8 Å². The molecule has 2 aliphatic rings. The van der Waals surface area contributed by atoms with Crippen LogP contribution in [0.25, 0.3) is 0 Å². The van der Waals surface area contributed by atoms with Crippen molar-refractivity contribution < 1.29 is 4.74 Å². The minimum absolute atomic E-state index is 0.326. The SMILES string of the molecule is CN(CC1CCCCO1)CC1CCC(C)(C)C1N.